The highest BCUT2D eigenvalue weighted by Gasteiger charge is 2.40. The second-order valence-electron chi connectivity index (χ2n) is 5.39. The van der Waals surface area contributed by atoms with Gasteiger partial charge in [-0.3, -0.25) is 0 Å². The Kier molecular flexibility index (Phi) is 3.82. The summed E-state index contributed by atoms with van der Waals surface area (Å²) in [5, 5.41) is 0. The van der Waals surface area contributed by atoms with Crippen LogP contribution in [0.2, 0.25) is 0 Å². The van der Waals surface area contributed by atoms with Gasteiger partial charge in [-0.2, -0.15) is 0 Å². The number of methoxy groups -OCH3 is 1. The Morgan fingerprint density at radius 1 is 1.29 bits per heavy atom. The fourth-order valence-corrected chi connectivity index (χ4v) is 2.91. The molecule has 3 rings (SSSR count). The zero-order valence-electron chi connectivity index (χ0n) is 12.4. The van der Waals surface area contributed by atoms with E-state index in [1.54, 1.807) is 6.07 Å². The third-order valence-corrected chi connectivity index (χ3v) is 4.14. The number of aryl methyl sites for hydroxylation is 1. The van der Waals surface area contributed by atoms with Crippen LogP contribution in [0.4, 0.5) is 5.82 Å². The molecule has 2 aliphatic rings. The predicted molar refractivity (Wildman–Crippen MR) is 76.4 cm³/mol. The molecule has 0 saturated carbocycles. The maximum atomic E-state index is 11.6. The minimum atomic E-state index is -0.377. The Balaban J connectivity index is 1.71. The van der Waals surface area contributed by atoms with Gasteiger partial charge in [0, 0.05) is 25.9 Å². The van der Waals surface area contributed by atoms with Crippen LogP contribution in [0.25, 0.3) is 0 Å². The number of pyridine rings is 1. The SMILES string of the molecule is COC(=O)c1ccc(N2CCC3(CC2)OCCO3)nc1C. The molecule has 2 saturated heterocycles. The molecule has 6 heteroatoms. The van der Waals surface area contributed by atoms with Crippen molar-refractivity contribution in [2.45, 2.75) is 25.6 Å². The number of piperidine rings is 1. The third kappa shape index (κ3) is 2.73. The maximum absolute atomic E-state index is 11.6. The van der Waals surface area contributed by atoms with Crippen molar-refractivity contribution in [3.63, 3.8) is 0 Å². The minimum Gasteiger partial charge on any atom is -0.465 e. The van der Waals surface area contributed by atoms with Crippen LogP contribution in [-0.4, -0.2) is 50.2 Å². The molecule has 0 N–H and O–H groups in total. The van der Waals surface area contributed by atoms with Crippen LogP contribution in [0.5, 0.6) is 0 Å². The van der Waals surface area contributed by atoms with E-state index in [1.807, 2.05) is 13.0 Å². The van der Waals surface area contributed by atoms with E-state index in [4.69, 9.17) is 14.2 Å². The Bertz CT molecular complexity index is 530. The molecule has 1 aromatic rings. The molecule has 0 unspecified atom stereocenters. The number of ether oxygens (including phenoxy) is 3. The Hall–Kier alpha value is -1.66. The van der Waals surface area contributed by atoms with Gasteiger partial charge in [0.15, 0.2) is 5.79 Å². The first-order valence-corrected chi connectivity index (χ1v) is 7.22. The van der Waals surface area contributed by atoms with Crippen molar-refractivity contribution >= 4 is 11.8 Å². The van der Waals surface area contributed by atoms with E-state index < -0.39 is 0 Å². The van der Waals surface area contributed by atoms with Crippen molar-refractivity contribution in [1.29, 1.82) is 0 Å². The van der Waals surface area contributed by atoms with E-state index in [0.717, 1.165) is 31.7 Å². The van der Waals surface area contributed by atoms with Crippen molar-refractivity contribution in [2.24, 2.45) is 0 Å². The zero-order chi connectivity index (χ0) is 14.9. The standard InChI is InChI=1S/C15H20N2O4/c1-11-12(14(18)19-2)3-4-13(16-11)17-7-5-15(6-8-17)20-9-10-21-15/h3-4H,5-10H2,1-2H3. The van der Waals surface area contributed by atoms with Crippen LogP contribution in [0, 0.1) is 6.92 Å². The second-order valence-corrected chi connectivity index (χ2v) is 5.39. The summed E-state index contributed by atoms with van der Waals surface area (Å²) in [7, 11) is 1.38. The van der Waals surface area contributed by atoms with E-state index in [1.165, 1.54) is 7.11 Å². The summed E-state index contributed by atoms with van der Waals surface area (Å²) in [4.78, 5) is 18.3. The fraction of sp³-hybridized carbons (Fsp3) is 0.600. The predicted octanol–water partition coefficient (Wildman–Crippen LogP) is 1.52. The van der Waals surface area contributed by atoms with E-state index in [2.05, 4.69) is 9.88 Å². The van der Waals surface area contributed by atoms with Crippen molar-refractivity contribution in [2.75, 3.05) is 38.3 Å². The number of hydrogen-bond donors (Lipinski definition) is 0. The summed E-state index contributed by atoms with van der Waals surface area (Å²) < 4.78 is 16.2. The van der Waals surface area contributed by atoms with Crippen LogP contribution in [-0.2, 0) is 14.2 Å². The lowest BCUT2D eigenvalue weighted by molar-refractivity contribution is -0.169. The highest BCUT2D eigenvalue weighted by Crippen LogP contribution is 2.32. The number of hydrogen-bond acceptors (Lipinski definition) is 6. The van der Waals surface area contributed by atoms with Gasteiger partial charge in [-0.05, 0) is 19.1 Å². The molecule has 1 spiro atoms. The van der Waals surface area contributed by atoms with Gasteiger partial charge in [0.1, 0.15) is 5.82 Å². The Morgan fingerprint density at radius 2 is 1.95 bits per heavy atom. The summed E-state index contributed by atoms with van der Waals surface area (Å²) in [6, 6.07) is 3.64. The van der Waals surface area contributed by atoms with E-state index >= 15 is 0 Å². The largest absolute Gasteiger partial charge is 0.465 e. The molecule has 2 fully saturated rings. The molecular formula is C15H20N2O4. The maximum Gasteiger partial charge on any atom is 0.339 e. The van der Waals surface area contributed by atoms with Gasteiger partial charge in [0.2, 0.25) is 0 Å². The molecule has 0 amide bonds. The fourth-order valence-electron chi connectivity index (χ4n) is 2.91. The Labute approximate surface area is 124 Å². The molecule has 1 aromatic heterocycles. The summed E-state index contributed by atoms with van der Waals surface area (Å²) >= 11 is 0. The molecule has 114 valence electrons. The topological polar surface area (TPSA) is 60.9 Å². The number of esters is 1. The molecule has 2 aliphatic heterocycles. The number of nitrogens with zero attached hydrogens (tertiary/aromatic N) is 2. The van der Waals surface area contributed by atoms with Crippen molar-refractivity contribution in [3.05, 3.63) is 23.4 Å². The van der Waals surface area contributed by atoms with Gasteiger partial charge in [0.25, 0.3) is 0 Å². The molecule has 0 bridgehead atoms. The number of rotatable bonds is 2. The summed E-state index contributed by atoms with van der Waals surface area (Å²) in [6.45, 7) is 4.87. The summed E-state index contributed by atoms with van der Waals surface area (Å²) in [5.41, 5.74) is 1.20. The van der Waals surface area contributed by atoms with Crippen molar-refractivity contribution in [1.82, 2.24) is 4.98 Å². The minimum absolute atomic E-state index is 0.350. The van der Waals surface area contributed by atoms with E-state index in [9.17, 15) is 4.79 Å². The monoisotopic (exact) mass is 292 g/mol. The number of aromatic nitrogens is 1. The lowest BCUT2D eigenvalue weighted by Crippen LogP contribution is -2.45. The highest BCUT2D eigenvalue weighted by atomic mass is 16.7. The Morgan fingerprint density at radius 3 is 2.52 bits per heavy atom. The van der Waals surface area contributed by atoms with Crippen molar-refractivity contribution < 1.29 is 19.0 Å². The number of carbonyl (C=O) groups excluding carboxylic acids is 1. The number of anilines is 1. The van der Waals surface area contributed by atoms with Gasteiger partial charge >= 0.3 is 5.97 Å². The lowest BCUT2D eigenvalue weighted by atomic mass is 10.0. The van der Waals surface area contributed by atoms with Crippen LogP contribution in [0.3, 0.4) is 0 Å². The van der Waals surface area contributed by atoms with Gasteiger partial charge in [0.05, 0.1) is 31.6 Å². The lowest BCUT2D eigenvalue weighted by Gasteiger charge is -2.38. The molecule has 3 heterocycles. The molecular weight excluding hydrogens is 272 g/mol. The van der Waals surface area contributed by atoms with E-state index in [-0.39, 0.29) is 11.8 Å². The van der Waals surface area contributed by atoms with Gasteiger partial charge in [-0.1, -0.05) is 0 Å². The highest BCUT2D eigenvalue weighted by molar-refractivity contribution is 5.90. The second kappa shape index (κ2) is 5.61. The molecule has 0 atom stereocenters. The van der Waals surface area contributed by atoms with Gasteiger partial charge in [-0.25, -0.2) is 9.78 Å². The molecule has 0 radical (unpaired) electrons. The van der Waals surface area contributed by atoms with Crippen molar-refractivity contribution in [3.8, 4) is 0 Å². The first-order valence-electron chi connectivity index (χ1n) is 7.22. The first kappa shape index (κ1) is 14.3. The van der Waals surface area contributed by atoms with Crippen LogP contribution >= 0.6 is 0 Å². The van der Waals surface area contributed by atoms with Gasteiger partial charge in [-0.15, -0.1) is 0 Å². The van der Waals surface area contributed by atoms with E-state index in [0.29, 0.717) is 24.5 Å². The quantitative estimate of drug-likeness (QED) is 0.770. The molecule has 21 heavy (non-hydrogen) atoms. The van der Waals surface area contributed by atoms with Gasteiger partial charge < -0.3 is 19.1 Å². The zero-order valence-corrected chi connectivity index (χ0v) is 12.4. The molecule has 0 aliphatic carbocycles. The third-order valence-electron chi connectivity index (χ3n) is 4.14. The summed E-state index contributed by atoms with van der Waals surface area (Å²) in [6.07, 6.45) is 1.68. The van der Waals surface area contributed by atoms with Crippen LogP contribution in [0.1, 0.15) is 28.9 Å². The average molecular weight is 292 g/mol. The smallest absolute Gasteiger partial charge is 0.339 e. The normalized spacial score (nSPS) is 20.8. The average Bonchev–Trinajstić information content (AvgIpc) is 2.95. The summed E-state index contributed by atoms with van der Waals surface area (Å²) in [5.74, 6) is 0.155. The van der Waals surface area contributed by atoms with Crippen LogP contribution < -0.4 is 4.90 Å². The first-order chi connectivity index (χ1) is 10.1. The molecule has 0 aromatic carbocycles. The number of carbonyl (C=O) groups is 1. The van der Waals surface area contributed by atoms with Crippen LogP contribution in [0.15, 0.2) is 12.1 Å². The molecule has 6 nitrogen and oxygen atoms in total.